The van der Waals surface area contributed by atoms with E-state index >= 15 is 0 Å². The average molecular weight is 331 g/mol. The minimum absolute atomic E-state index is 0.490. The van der Waals surface area contributed by atoms with Gasteiger partial charge in [-0.1, -0.05) is 24.3 Å². The summed E-state index contributed by atoms with van der Waals surface area (Å²) in [5.74, 6) is 0. The van der Waals surface area contributed by atoms with E-state index in [9.17, 15) is 0 Å². The second-order valence-corrected chi connectivity index (χ2v) is 6.23. The van der Waals surface area contributed by atoms with Crippen molar-refractivity contribution < 1.29 is 0 Å². The highest BCUT2D eigenvalue weighted by molar-refractivity contribution is 9.10. The van der Waals surface area contributed by atoms with Gasteiger partial charge in [0.05, 0.1) is 5.69 Å². The van der Waals surface area contributed by atoms with Gasteiger partial charge in [-0.3, -0.25) is 0 Å². The molecule has 1 aliphatic heterocycles. The predicted molar refractivity (Wildman–Crippen MR) is 88.6 cm³/mol. The predicted octanol–water partition coefficient (Wildman–Crippen LogP) is 4.03. The highest BCUT2D eigenvalue weighted by Gasteiger charge is 2.27. The molecule has 1 atom stereocenters. The smallest absolute Gasteiger partial charge is 0.0558 e. The quantitative estimate of drug-likeness (QED) is 0.920. The molecule has 1 heterocycles. The summed E-state index contributed by atoms with van der Waals surface area (Å²) < 4.78 is 1.15. The van der Waals surface area contributed by atoms with Gasteiger partial charge in [0.15, 0.2) is 0 Å². The lowest BCUT2D eigenvalue weighted by molar-refractivity contribution is 0.757. The Morgan fingerprint density at radius 2 is 2.00 bits per heavy atom. The molecule has 3 heteroatoms. The lowest BCUT2D eigenvalue weighted by Crippen LogP contribution is -2.24. The summed E-state index contributed by atoms with van der Waals surface area (Å²) >= 11 is 3.72. The zero-order valence-corrected chi connectivity index (χ0v) is 13.2. The average Bonchev–Trinajstić information content (AvgIpc) is 2.76. The molecule has 0 amide bonds. The fraction of sp³-hybridized carbons (Fsp3) is 0.294. The van der Waals surface area contributed by atoms with E-state index in [1.165, 1.54) is 22.5 Å². The zero-order valence-electron chi connectivity index (χ0n) is 11.6. The van der Waals surface area contributed by atoms with Crippen LogP contribution in [0.3, 0.4) is 0 Å². The van der Waals surface area contributed by atoms with Gasteiger partial charge in [-0.05, 0) is 71.6 Å². The van der Waals surface area contributed by atoms with Gasteiger partial charge in [0.2, 0.25) is 0 Å². The molecule has 3 rings (SSSR count). The van der Waals surface area contributed by atoms with Crippen LogP contribution in [0.15, 0.2) is 46.9 Å². The first-order valence-corrected chi connectivity index (χ1v) is 7.85. The minimum Gasteiger partial charge on any atom is -0.337 e. The van der Waals surface area contributed by atoms with Gasteiger partial charge in [-0.15, -0.1) is 0 Å². The lowest BCUT2D eigenvalue weighted by atomic mass is 10.1. The Bertz CT molecular complexity index is 624. The molecule has 0 saturated heterocycles. The molecule has 0 radical (unpaired) electrons. The van der Waals surface area contributed by atoms with E-state index in [2.05, 4.69) is 70.2 Å². The van der Waals surface area contributed by atoms with Crippen molar-refractivity contribution in [2.75, 3.05) is 11.4 Å². The maximum absolute atomic E-state index is 5.63. The van der Waals surface area contributed by atoms with E-state index in [-0.39, 0.29) is 0 Å². The molecule has 2 aromatic rings. The monoisotopic (exact) mass is 330 g/mol. The number of para-hydroxylation sites is 1. The molecular weight excluding hydrogens is 312 g/mol. The minimum atomic E-state index is 0.490. The summed E-state index contributed by atoms with van der Waals surface area (Å²) in [6.45, 7) is 2.97. The van der Waals surface area contributed by atoms with Crippen LogP contribution < -0.4 is 10.6 Å². The van der Waals surface area contributed by atoms with Crippen LogP contribution in [0.5, 0.6) is 0 Å². The Labute approximate surface area is 128 Å². The summed E-state index contributed by atoms with van der Waals surface area (Å²) in [5, 5.41) is 0. The summed E-state index contributed by atoms with van der Waals surface area (Å²) in [7, 11) is 0. The second kappa shape index (κ2) is 5.58. The molecule has 2 N–H and O–H groups in total. The van der Waals surface area contributed by atoms with Crippen molar-refractivity contribution in [3.63, 3.8) is 0 Å². The zero-order chi connectivity index (χ0) is 14.1. The molecular formula is C17H19BrN2. The SMILES string of the molecule is CC1Cc2ccccc2N1c1ccc(CCN)cc1Br. The Morgan fingerprint density at radius 1 is 1.20 bits per heavy atom. The molecule has 1 unspecified atom stereocenters. The van der Waals surface area contributed by atoms with Crippen LogP contribution in [0, 0.1) is 0 Å². The van der Waals surface area contributed by atoms with Crippen LogP contribution >= 0.6 is 15.9 Å². The summed E-state index contributed by atoms with van der Waals surface area (Å²) in [5.41, 5.74) is 10.9. The van der Waals surface area contributed by atoms with Crippen LogP contribution in [0.2, 0.25) is 0 Å². The first kappa shape index (κ1) is 13.7. The van der Waals surface area contributed by atoms with E-state index in [0.29, 0.717) is 12.6 Å². The van der Waals surface area contributed by atoms with Gasteiger partial charge in [0.25, 0.3) is 0 Å². The molecule has 2 aromatic carbocycles. The largest absolute Gasteiger partial charge is 0.337 e. The highest BCUT2D eigenvalue weighted by Crippen LogP contribution is 2.41. The third-order valence-electron chi connectivity index (χ3n) is 3.91. The normalized spacial score (nSPS) is 17.4. The molecule has 20 heavy (non-hydrogen) atoms. The Kier molecular flexibility index (Phi) is 3.81. The first-order chi connectivity index (χ1) is 9.70. The summed E-state index contributed by atoms with van der Waals surface area (Å²) in [4.78, 5) is 2.42. The molecule has 0 fully saturated rings. The van der Waals surface area contributed by atoms with E-state index < -0.39 is 0 Å². The number of rotatable bonds is 3. The van der Waals surface area contributed by atoms with Crippen molar-refractivity contribution >= 4 is 27.3 Å². The van der Waals surface area contributed by atoms with Crippen molar-refractivity contribution in [1.29, 1.82) is 0 Å². The van der Waals surface area contributed by atoms with Crippen molar-refractivity contribution in [2.45, 2.75) is 25.8 Å². The van der Waals surface area contributed by atoms with Crippen LogP contribution in [-0.2, 0) is 12.8 Å². The van der Waals surface area contributed by atoms with Crippen molar-refractivity contribution in [3.8, 4) is 0 Å². The van der Waals surface area contributed by atoms with E-state index in [4.69, 9.17) is 5.73 Å². The van der Waals surface area contributed by atoms with Crippen molar-refractivity contribution in [3.05, 3.63) is 58.1 Å². The molecule has 1 aliphatic rings. The van der Waals surface area contributed by atoms with Crippen LogP contribution in [0.4, 0.5) is 11.4 Å². The third-order valence-corrected chi connectivity index (χ3v) is 4.55. The van der Waals surface area contributed by atoms with E-state index in [1.54, 1.807) is 0 Å². The molecule has 0 bridgehead atoms. The standard InChI is InChI=1S/C17H19BrN2/c1-12-10-14-4-2-3-5-16(14)20(12)17-7-6-13(8-9-19)11-15(17)18/h2-7,11-12H,8-10,19H2,1H3. The lowest BCUT2D eigenvalue weighted by Gasteiger charge is -2.26. The third kappa shape index (κ3) is 2.36. The Balaban J connectivity index is 2.01. The van der Waals surface area contributed by atoms with Gasteiger partial charge < -0.3 is 10.6 Å². The number of nitrogens with zero attached hydrogens (tertiary/aromatic N) is 1. The fourth-order valence-electron chi connectivity index (χ4n) is 3.00. The van der Waals surface area contributed by atoms with Gasteiger partial charge in [-0.2, -0.15) is 0 Å². The molecule has 0 spiro atoms. The van der Waals surface area contributed by atoms with Crippen LogP contribution in [-0.4, -0.2) is 12.6 Å². The fourth-order valence-corrected chi connectivity index (χ4v) is 3.62. The summed E-state index contributed by atoms with van der Waals surface area (Å²) in [6, 6.07) is 15.7. The maximum Gasteiger partial charge on any atom is 0.0558 e. The van der Waals surface area contributed by atoms with E-state index in [0.717, 1.165) is 17.3 Å². The summed E-state index contributed by atoms with van der Waals surface area (Å²) in [6.07, 6.45) is 2.03. The molecule has 0 aromatic heterocycles. The van der Waals surface area contributed by atoms with Gasteiger partial charge in [-0.25, -0.2) is 0 Å². The maximum atomic E-state index is 5.63. The van der Waals surface area contributed by atoms with Crippen LogP contribution in [0.1, 0.15) is 18.1 Å². The van der Waals surface area contributed by atoms with E-state index in [1.807, 2.05) is 0 Å². The Hall–Kier alpha value is -1.32. The number of hydrogen-bond acceptors (Lipinski definition) is 2. The highest BCUT2D eigenvalue weighted by atomic mass is 79.9. The molecule has 0 saturated carbocycles. The number of benzene rings is 2. The number of anilines is 2. The van der Waals surface area contributed by atoms with Crippen LogP contribution in [0.25, 0.3) is 0 Å². The Morgan fingerprint density at radius 3 is 2.75 bits per heavy atom. The van der Waals surface area contributed by atoms with Crippen molar-refractivity contribution in [2.24, 2.45) is 5.73 Å². The van der Waals surface area contributed by atoms with Crippen molar-refractivity contribution in [1.82, 2.24) is 0 Å². The molecule has 2 nitrogen and oxygen atoms in total. The van der Waals surface area contributed by atoms with Gasteiger partial charge >= 0.3 is 0 Å². The topological polar surface area (TPSA) is 29.3 Å². The second-order valence-electron chi connectivity index (χ2n) is 5.38. The van der Waals surface area contributed by atoms with Gasteiger partial charge in [0.1, 0.15) is 0 Å². The number of hydrogen-bond donors (Lipinski definition) is 1. The van der Waals surface area contributed by atoms with Gasteiger partial charge in [0, 0.05) is 16.2 Å². The molecule has 0 aliphatic carbocycles. The first-order valence-electron chi connectivity index (χ1n) is 7.06. The number of halogens is 1. The number of nitrogens with two attached hydrogens (primary N) is 1. The molecule has 104 valence electrons. The number of fused-ring (bicyclic) bond motifs is 1.